The van der Waals surface area contributed by atoms with Gasteiger partial charge < -0.3 is 24.1 Å². The summed E-state index contributed by atoms with van der Waals surface area (Å²) in [5, 5.41) is 47.4. The van der Waals surface area contributed by atoms with E-state index < -0.39 is 0 Å². The number of tetrazole rings is 2. The van der Waals surface area contributed by atoms with Gasteiger partial charge >= 0.3 is 0 Å². The Kier molecular flexibility index (Phi) is 17.8. The maximum Gasteiger partial charge on any atom is 0.205 e. The van der Waals surface area contributed by atoms with Crippen LogP contribution >= 0.6 is 23.2 Å². The molecule has 0 saturated carbocycles. The average Bonchev–Trinajstić information content (AvgIpc) is 4.21. The Morgan fingerprint density at radius 3 is 1.53 bits per heavy atom. The summed E-state index contributed by atoms with van der Waals surface area (Å²) in [4.78, 5) is 8.97. The maximum absolute atomic E-state index is 9.90. The molecule has 0 fully saturated rings. The van der Waals surface area contributed by atoms with Gasteiger partial charge in [-0.15, -0.1) is 15.3 Å². The number of benzene rings is 5. The SMILES string of the molecule is C.CCCCc1nc(Cl)c(CO)n1Cc1ccc(-c2ccccc2-c2nn[nH]n2)cc1.CCCCc1nc(Cl)c(CO)n1Cc1ccc(-c2ccccc2-c2nnnn2Cc2ccc(OC)cc2)cc1. The number of halogens is 2. The first kappa shape index (κ1) is 50.8. The molecule has 9 aromatic rings. The second kappa shape index (κ2) is 24.5. The molecule has 362 valence electrons. The number of rotatable bonds is 19. The first-order valence-corrected chi connectivity index (χ1v) is 23.8. The lowest BCUT2D eigenvalue weighted by molar-refractivity contribution is 0.271. The van der Waals surface area contributed by atoms with Gasteiger partial charge in [0.25, 0.3) is 0 Å². The van der Waals surface area contributed by atoms with Gasteiger partial charge in [-0.2, -0.15) is 5.21 Å². The third kappa shape index (κ3) is 11.9. The number of H-pyrrole nitrogens is 1. The summed E-state index contributed by atoms with van der Waals surface area (Å²) in [6.45, 7) is 5.77. The maximum atomic E-state index is 9.90. The Balaban J connectivity index is 0.000000210. The van der Waals surface area contributed by atoms with Crippen LogP contribution in [0.4, 0.5) is 0 Å². The highest BCUT2D eigenvalue weighted by Crippen LogP contribution is 2.33. The first-order valence-electron chi connectivity index (χ1n) is 23.0. The number of aliphatic hydroxyl groups excluding tert-OH is 2. The molecular formula is C53H58Cl2N12O3. The Labute approximate surface area is 418 Å². The van der Waals surface area contributed by atoms with Crippen LogP contribution in [0, 0.1) is 0 Å². The van der Waals surface area contributed by atoms with Crippen molar-refractivity contribution < 1.29 is 14.9 Å². The smallest absolute Gasteiger partial charge is 0.205 e. The molecule has 0 aliphatic rings. The zero-order valence-electron chi connectivity index (χ0n) is 38.8. The van der Waals surface area contributed by atoms with E-state index in [0.717, 1.165) is 106 Å². The number of aliphatic hydroxyl groups is 2. The fraction of sp³-hybridized carbons (Fsp3) is 0.283. The van der Waals surface area contributed by atoms with E-state index in [-0.39, 0.29) is 20.6 Å². The molecule has 0 unspecified atom stereocenters. The minimum atomic E-state index is -0.144. The van der Waals surface area contributed by atoms with Crippen LogP contribution in [-0.4, -0.2) is 77.3 Å². The second-order valence-corrected chi connectivity index (χ2v) is 17.2. The van der Waals surface area contributed by atoms with E-state index in [4.69, 9.17) is 27.9 Å². The summed E-state index contributed by atoms with van der Waals surface area (Å²) in [5.41, 5.74) is 10.7. The molecule has 0 amide bonds. The predicted molar refractivity (Wildman–Crippen MR) is 274 cm³/mol. The van der Waals surface area contributed by atoms with E-state index in [1.807, 2.05) is 80.5 Å². The largest absolute Gasteiger partial charge is 0.497 e. The molecule has 0 aliphatic heterocycles. The summed E-state index contributed by atoms with van der Waals surface area (Å²) in [6.07, 6.45) is 5.86. The first-order chi connectivity index (χ1) is 33.8. The van der Waals surface area contributed by atoms with Crippen LogP contribution in [0.1, 0.15) is 86.7 Å². The van der Waals surface area contributed by atoms with Gasteiger partial charge in [0, 0.05) is 37.1 Å². The van der Waals surface area contributed by atoms with E-state index in [2.05, 4.69) is 115 Å². The van der Waals surface area contributed by atoms with Crippen LogP contribution in [0.5, 0.6) is 5.75 Å². The van der Waals surface area contributed by atoms with Gasteiger partial charge in [-0.25, -0.2) is 14.6 Å². The van der Waals surface area contributed by atoms with Gasteiger partial charge in [-0.3, -0.25) is 0 Å². The van der Waals surface area contributed by atoms with Crippen molar-refractivity contribution in [1.29, 1.82) is 0 Å². The van der Waals surface area contributed by atoms with Crippen LogP contribution in [0.25, 0.3) is 45.0 Å². The number of imidazole rings is 2. The molecular weight excluding hydrogens is 924 g/mol. The number of hydrogen-bond acceptors (Lipinski definition) is 11. The van der Waals surface area contributed by atoms with Crippen LogP contribution in [0.15, 0.2) is 121 Å². The van der Waals surface area contributed by atoms with E-state index in [0.29, 0.717) is 53.0 Å². The van der Waals surface area contributed by atoms with Gasteiger partial charge in [0.2, 0.25) is 5.82 Å². The number of aryl methyl sites for hydroxylation is 2. The van der Waals surface area contributed by atoms with Gasteiger partial charge in [0.1, 0.15) is 17.4 Å². The number of hydrogen-bond donors (Lipinski definition) is 3. The Hall–Kier alpha value is -7.04. The summed E-state index contributed by atoms with van der Waals surface area (Å²) in [7, 11) is 1.66. The van der Waals surface area contributed by atoms with Crippen molar-refractivity contribution in [3.63, 3.8) is 0 Å². The van der Waals surface area contributed by atoms with E-state index >= 15 is 0 Å². The average molecular weight is 982 g/mol. The number of aromatic amines is 1. The lowest BCUT2D eigenvalue weighted by Crippen LogP contribution is -2.09. The summed E-state index contributed by atoms with van der Waals surface area (Å²) < 4.78 is 11.1. The van der Waals surface area contributed by atoms with Crippen molar-refractivity contribution in [1.82, 2.24) is 59.9 Å². The van der Waals surface area contributed by atoms with Crippen molar-refractivity contribution in [2.75, 3.05) is 7.11 Å². The normalized spacial score (nSPS) is 11.0. The number of nitrogens with one attached hydrogen (secondary N) is 1. The van der Waals surface area contributed by atoms with Crippen LogP contribution in [0.3, 0.4) is 0 Å². The molecule has 0 bridgehead atoms. The van der Waals surface area contributed by atoms with Gasteiger partial charge in [-0.05, 0) is 79.6 Å². The van der Waals surface area contributed by atoms with E-state index in [1.165, 1.54) is 0 Å². The lowest BCUT2D eigenvalue weighted by Gasteiger charge is -2.13. The lowest BCUT2D eigenvalue weighted by atomic mass is 9.98. The van der Waals surface area contributed by atoms with E-state index in [9.17, 15) is 10.2 Å². The van der Waals surface area contributed by atoms with Gasteiger partial charge in [0.15, 0.2) is 16.1 Å². The number of methoxy groups -OCH3 is 1. The van der Waals surface area contributed by atoms with Crippen molar-refractivity contribution in [2.45, 2.75) is 92.6 Å². The van der Waals surface area contributed by atoms with Crippen molar-refractivity contribution in [2.24, 2.45) is 0 Å². The van der Waals surface area contributed by atoms with Crippen molar-refractivity contribution in [3.8, 4) is 50.8 Å². The van der Waals surface area contributed by atoms with Gasteiger partial charge in [-0.1, -0.05) is 167 Å². The highest BCUT2D eigenvalue weighted by atomic mass is 35.5. The Bertz CT molecular complexity index is 3040. The summed E-state index contributed by atoms with van der Waals surface area (Å²) in [5.74, 6) is 3.90. The molecule has 70 heavy (non-hydrogen) atoms. The third-order valence-corrected chi connectivity index (χ3v) is 12.5. The molecule has 0 atom stereocenters. The molecule has 4 aromatic heterocycles. The highest BCUT2D eigenvalue weighted by molar-refractivity contribution is 6.30. The van der Waals surface area contributed by atoms with E-state index in [1.54, 1.807) is 7.11 Å². The fourth-order valence-corrected chi connectivity index (χ4v) is 8.74. The molecule has 3 N–H and O–H groups in total. The molecule has 0 spiro atoms. The van der Waals surface area contributed by atoms with Crippen LogP contribution < -0.4 is 4.74 Å². The number of unbranched alkanes of at least 4 members (excludes halogenated alkanes) is 2. The molecule has 0 aliphatic carbocycles. The molecule has 5 aromatic carbocycles. The zero-order chi connectivity index (χ0) is 48.1. The van der Waals surface area contributed by atoms with Gasteiger partial charge in [0.05, 0.1) is 38.3 Å². The fourth-order valence-electron chi connectivity index (χ4n) is 8.22. The molecule has 17 heteroatoms. The number of ether oxygens (including phenoxy) is 1. The monoisotopic (exact) mass is 980 g/mol. The number of nitrogens with zero attached hydrogens (tertiary/aromatic N) is 11. The minimum absolute atomic E-state index is 0. The topological polar surface area (TPSA) is 183 Å². The molecule has 0 radical (unpaired) electrons. The Morgan fingerprint density at radius 2 is 1.06 bits per heavy atom. The molecule has 9 rings (SSSR count). The standard InChI is InChI=1S/C30H31ClN6O2.C22H23ClN6O.CH4/c1-3-4-9-28-32-29(31)27(20-38)36(28)18-21-10-14-23(15-11-21)25-7-5-6-8-26(25)30-33-34-35-37(30)19-22-12-16-24(39-2)17-13-22;1-2-3-8-20-24-21(23)19(14-30)29(20)13-15-9-11-16(12-10-15)17-6-4-5-7-18(17)22-25-27-28-26-22;/h5-8,10-17,38H,3-4,9,18-20H2,1-2H3;4-7,9-12,30H,2-3,8,13-14H2,1H3,(H,25,26,27,28);1H4. The third-order valence-electron chi connectivity index (χ3n) is 11.9. The summed E-state index contributed by atoms with van der Waals surface area (Å²) in [6, 6.07) is 40.8. The summed E-state index contributed by atoms with van der Waals surface area (Å²) >= 11 is 12.6. The quantitative estimate of drug-likeness (QED) is 0.0701. The Morgan fingerprint density at radius 1 is 0.586 bits per heavy atom. The highest BCUT2D eigenvalue weighted by Gasteiger charge is 2.19. The van der Waals surface area contributed by atoms with Crippen molar-refractivity contribution in [3.05, 3.63) is 171 Å². The number of aromatic nitrogens is 12. The molecule has 15 nitrogen and oxygen atoms in total. The molecule has 4 heterocycles. The van der Waals surface area contributed by atoms with Crippen LogP contribution in [-0.2, 0) is 45.7 Å². The van der Waals surface area contributed by atoms with Crippen LogP contribution in [0.2, 0.25) is 10.3 Å². The molecule has 0 saturated heterocycles. The second-order valence-electron chi connectivity index (χ2n) is 16.5. The van der Waals surface area contributed by atoms with Crippen molar-refractivity contribution >= 4 is 23.2 Å². The predicted octanol–water partition coefficient (Wildman–Crippen LogP) is 10.7. The zero-order valence-corrected chi connectivity index (χ0v) is 40.3. The minimum Gasteiger partial charge on any atom is -0.497 e.